The van der Waals surface area contributed by atoms with Gasteiger partial charge in [-0.1, -0.05) is 0 Å². The molecule has 2 amide bonds. The van der Waals surface area contributed by atoms with Gasteiger partial charge in [0.25, 0.3) is 5.91 Å². The predicted molar refractivity (Wildman–Crippen MR) is 83.0 cm³/mol. The Balaban J connectivity index is 1.85. The van der Waals surface area contributed by atoms with Gasteiger partial charge in [-0.25, -0.2) is 0 Å². The first-order valence-electron chi connectivity index (χ1n) is 6.90. The number of amides is 2. The topological polar surface area (TPSA) is 97.6 Å². The maximum absolute atomic E-state index is 11.8. The molecule has 7 nitrogen and oxygen atoms in total. The summed E-state index contributed by atoms with van der Waals surface area (Å²) in [7, 11) is 1.27. The molecule has 0 aliphatic rings. The number of nitrogens with one attached hydrogen (secondary N) is 2. The third-order valence-corrected chi connectivity index (χ3v) is 2.96. The molecule has 0 spiro atoms. The second kappa shape index (κ2) is 7.79. The first-order valence-corrected chi connectivity index (χ1v) is 6.90. The highest BCUT2D eigenvalue weighted by Crippen LogP contribution is 2.15. The van der Waals surface area contributed by atoms with Crippen LogP contribution in [-0.4, -0.2) is 24.9 Å². The molecule has 23 heavy (non-hydrogen) atoms. The Morgan fingerprint density at radius 1 is 1.00 bits per heavy atom. The lowest BCUT2D eigenvalue weighted by Gasteiger charge is -2.07. The number of furan rings is 1. The number of esters is 1. The molecule has 0 radical (unpaired) electrons. The molecule has 0 fully saturated rings. The highest BCUT2D eigenvalue weighted by Gasteiger charge is 2.09. The number of carbonyl (C=O) groups is 3. The van der Waals surface area contributed by atoms with Crippen molar-refractivity contribution < 1.29 is 23.5 Å². The molecule has 2 aromatic rings. The lowest BCUT2D eigenvalue weighted by atomic mass is 10.2. The number of hydrogen-bond acceptors (Lipinski definition) is 5. The van der Waals surface area contributed by atoms with Gasteiger partial charge in [0.1, 0.15) is 0 Å². The molecule has 1 aromatic heterocycles. The van der Waals surface area contributed by atoms with E-state index in [0.717, 1.165) is 0 Å². The van der Waals surface area contributed by atoms with E-state index in [1.807, 2.05) is 0 Å². The van der Waals surface area contributed by atoms with E-state index in [2.05, 4.69) is 15.4 Å². The molecule has 1 aromatic carbocycles. The fraction of sp³-hybridized carbons (Fsp3) is 0.188. The van der Waals surface area contributed by atoms with Crippen molar-refractivity contribution in [3.05, 3.63) is 48.4 Å². The Morgan fingerprint density at radius 3 is 2.22 bits per heavy atom. The minimum Gasteiger partial charge on any atom is -0.469 e. The second-order valence-corrected chi connectivity index (χ2v) is 4.63. The maximum atomic E-state index is 11.8. The Hall–Kier alpha value is -3.09. The maximum Gasteiger partial charge on any atom is 0.306 e. The van der Waals surface area contributed by atoms with Crippen LogP contribution in [0.4, 0.5) is 11.4 Å². The molecule has 0 aliphatic carbocycles. The van der Waals surface area contributed by atoms with Gasteiger partial charge >= 0.3 is 5.97 Å². The second-order valence-electron chi connectivity index (χ2n) is 4.63. The van der Waals surface area contributed by atoms with Crippen LogP contribution < -0.4 is 10.6 Å². The third-order valence-electron chi connectivity index (χ3n) is 2.96. The summed E-state index contributed by atoms with van der Waals surface area (Å²) in [5.41, 5.74) is 1.13. The summed E-state index contributed by atoms with van der Waals surface area (Å²) in [6, 6.07) is 9.78. The summed E-state index contributed by atoms with van der Waals surface area (Å²) < 4.78 is 9.46. The largest absolute Gasteiger partial charge is 0.469 e. The van der Waals surface area contributed by atoms with Crippen molar-refractivity contribution in [2.75, 3.05) is 17.7 Å². The van der Waals surface area contributed by atoms with Crippen LogP contribution in [0.15, 0.2) is 47.1 Å². The summed E-state index contributed by atoms with van der Waals surface area (Å²) in [6.45, 7) is 0. The first-order chi connectivity index (χ1) is 11.1. The number of benzene rings is 1. The van der Waals surface area contributed by atoms with Crippen LogP contribution in [0.2, 0.25) is 0 Å². The number of rotatable bonds is 6. The van der Waals surface area contributed by atoms with Gasteiger partial charge in [-0.2, -0.15) is 0 Å². The molecule has 0 unspecified atom stereocenters. The Bertz CT molecular complexity index is 677. The van der Waals surface area contributed by atoms with Crippen molar-refractivity contribution in [3.8, 4) is 0 Å². The molecular weight excluding hydrogens is 300 g/mol. The van der Waals surface area contributed by atoms with Crippen LogP contribution in [-0.2, 0) is 14.3 Å². The molecular formula is C16H16N2O5. The van der Waals surface area contributed by atoms with Gasteiger partial charge in [-0.3, -0.25) is 14.4 Å². The van der Waals surface area contributed by atoms with E-state index >= 15 is 0 Å². The van der Waals surface area contributed by atoms with Crippen molar-refractivity contribution in [1.29, 1.82) is 0 Å². The van der Waals surface area contributed by atoms with Crippen molar-refractivity contribution in [2.24, 2.45) is 0 Å². The quantitative estimate of drug-likeness (QED) is 0.798. The van der Waals surface area contributed by atoms with Crippen LogP contribution in [0.1, 0.15) is 23.4 Å². The standard InChI is InChI=1S/C16H16N2O5/c1-22-15(20)9-8-14(19)17-11-4-6-12(7-5-11)18-16(21)13-3-2-10-23-13/h2-7,10H,8-9H2,1H3,(H,17,19)(H,18,21). The zero-order valence-electron chi connectivity index (χ0n) is 12.5. The number of carbonyl (C=O) groups excluding carboxylic acids is 3. The highest BCUT2D eigenvalue weighted by molar-refractivity contribution is 6.02. The summed E-state index contributed by atoms with van der Waals surface area (Å²) >= 11 is 0. The SMILES string of the molecule is COC(=O)CCC(=O)Nc1ccc(NC(=O)c2ccco2)cc1. The third kappa shape index (κ3) is 4.99. The molecule has 2 rings (SSSR count). The number of hydrogen-bond donors (Lipinski definition) is 2. The first kappa shape index (κ1) is 16.3. The van der Waals surface area contributed by atoms with Gasteiger partial charge in [0.15, 0.2) is 5.76 Å². The van der Waals surface area contributed by atoms with E-state index in [4.69, 9.17) is 4.42 Å². The average molecular weight is 316 g/mol. The fourth-order valence-electron chi connectivity index (χ4n) is 1.78. The smallest absolute Gasteiger partial charge is 0.306 e. The highest BCUT2D eigenvalue weighted by atomic mass is 16.5. The molecule has 0 saturated heterocycles. The molecule has 120 valence electrons. The summed E-state index contributed by atoms with van der Waals surface area (Å²) in [5, 5.41) is 5.32. The van der Waals surface area contributed by atoms with Crippen molar-refractivity contribution >= 4 is 29.2 Å². The lowest BCUT2D eigenvalue weighted by molar-refractivity contribution is -0.141. The lowest BCUT2D eigenvalue weighted by Crippen LogP contribution is -2.14. The van der Waals surface area contributed by atoms with E-state index in [0.29, 0.717) is 11.4 Å². The fourth-order valence-corrected chi connectivity index (χ4v) is 1.78. The molecule has 0 atom stereocenters. The number of anilines is 2. The minimum absolute atomic E-state index is 0.0274. The van der Waals surface area contributed by atoms with Gasteiger partial charge in [-0.15, -0.1) is 0 Å². The van der Waals surface area contributed by atoms with Gasteiger partial charge in [0.2, 0.25) is 5.91 Å². The zero-order valence-corrected chi connectivity index (χ0v) is 12.5. The van der Waals surface area contributed by atoms with Gasteiger partial charge in [-0.05, 0) is 36.4 Å². The predicted octanol–water partition coefficient (Wildman–Crippen LogP) is 2.42. The van der Waals surface area contributed by atoms with Crippen LogP contribution in [0.3, 0.4) is 0 Å². The van der Waals surface area contributed by atoms with Crippen molar-refractivity contribution in [2.45, 2.75) is 12.8 Å². The van der Waals surface area contributed by atoms with Gasteiger partial charge in [0.05, 0.1) is 19.8 Å². The average Bonchev–Trinajstić information content (AvgIpc) is 3.09. The van der Waals surface area contributed by atoms with E-state index in [1.54, 1.807) is 36.4 Å². The Morgan fingerprint density at radius 2 is 1.65 bits per heavy atom. The molecule has 0 aliphatic heterocycles. The molecule has 2 N–H and O–H groups in total. The van der Waals surface area contributed by atoms with E-state index in [1.165, 1.54) is 13.4 Å². The minimum atomic E-state index is -0.434. The molecule has 1 heterocycles. The van der Waals surface area contributed by atoms with Gasteiger partial charge in [0, 0.05) is 17.8 Å². The van der Waals surface area contributed by atoms with Crippen LogP contribution in [0, 0.1) is 0 Å². The van der Waals surface area contributed by atoms with E-state index in [-0.39, 0.29) is 30.4 Å². The van der Waals surface area contributed by atoms with Crippen LogP contribution in [0.5, 0.6) is 0 Å². The monoisotopic (exact) mass is 316 g/mol. The summed E-state index contributed by atoms with van der Waals surface area (Å²) in [6.07, 6.45) is 1.49. The van der Waals surface area contributed by atoms with Gasteiger partial charge < -0.3 is 19.8 Å². The Kier molecular flexibility index (Phi) is 5.51. The summed E-state index contributed by atoms with van der Waals surface area (Å²) in [5.74, 6) is -0.867. The van der Waals surface area contributed by atoms with Crippen LogP contribution >= 0.6 is 0 Å². The van der Waals surface area contributed by atoms with Crippen LogP contribution in [0.25, 0.3) is 0 Å². The zero-order chi connectivity index (χ0) is 16.7. The van der Waals surface area contributed by atoms with E-state index in [9.17, 15) is 14.4 Å². The molecule has 0 saturated carbocycles. The van der Waals surface area contributed by atoms with Crippen molar-refractivity contribution in [3.63, 3.8) is 0 Å². The Labute approximate surface area is 132 Å². The number of ether oxygens (including phenoxy) is 1. The van der Waals surface area contributed by atoms with E-state index < -0.39 is 5.97 Å². The summed E-state index contributed by atoms with van der Waals surface area (Å²) in [4.78, 5) is 34.4. The van der Waals surface area contributed by atoms with Crippen molar-refractivity contribution in [1.82, 2.24) is 0 Å². The molecule has 0 bridgehead atoms. The molecule has 7 heteroatoms. The number of methoxy groups -OCH3 is 1. The normalized spacial score (nSPS) is 9.96.